The molecule has 1 aliphatic carbocycles. The third-order valence-corrected chi connectivity index (χ3v) is 6.58. The highest BCUT2D eigenvalue weighted by Gasteiger charge is 2.38. The zero-order chi connectivity index (χ0) is 20.6. The number of benzene rings is 1. The Morgan fingerprint density at radius 3 is 2.60 bits per heavy atom. The second kappa shape index (κ2) is 12.1. The number of ether oxygens (including phenoxy) is 2. The Morgan fingerprint density at radius 2 is 1.97 bits per heavy atom. The third-order valence-electron chi connectivity index (χ3n) is 6.58. The number of nitrogens with zero attached hydrogens (tertiary/aromatic N) is 1. The Labute approximate surface area is 198 Å². The average molecular weight is 531 g/mol. The number of rotatable bonds is 9. The molecule has 1 saturated heterocycles. The summed E-state index contributed by atoms with van der Waals surface area (Å²) >= 11 is 0. The molecule has 1 aromatic carbocycles. The first kappa shape index (κ1) is 25.2. The lowest BCUT2D eigenvalue weighted by Gasteiger charge is -2.32. The van der Waals surface area contributed by atoms with Crippen LogP contribution in [0.25, 0.3) is 0 Å². The molecule has 0 spiro atoms. The maximum atomic E-state index is 9.47. The van der Waals surface area contributed by atoms with Crippen LogP contribution in [0.4, 0.5) is 0 Å². The topological polar surface area (TPSA) is 75.1 Å². The maximum absolute atomic E-state index is 9.47. The molecule has 3 rings (SSSR count). The monoisotopic (exact) mass is 531 g/mol. The molecule has 1 heterocycles. The molecule has 2 fully saturated rings. The number of aliphatic hydroxyl groups excluding tert-OH is 1. The van der Waals surface area contributed by atoms with Crippen molar-refractivity contribution in [1.29, 1.82) is 0 Å². The van der Waals surface area contributed by atoms with Crippen molar-refractivity contribution in [2.45, 2.75) is 50.9 Å². The predicted octanol–water partition coefficient (Wildman–Crippen LogP) is 3.47. The van der Waals surface area contributed by atoms with E-state index in [0.717, 1.165) is 57.1 Å². The molecule has 1 atom stereocenters. The highest BCUT2D eigenvalue weighted by atomic mass is 127. The predicted molar refractivity (Wildman–Crippen MR) is 132 cm³/mol. The van der Waals surface area contributed by atoms with Gasteiger partial charge in [-0.05, 0) is 38.7 Å². The molecule has 6 nitrogen and oxygen atoms in total. The quantitative estimate of drug-likeness (QED) is 0.259. The van der Waals surface area contributed by atoms with Gasteiger partial charge in [-0.15, -0.1) is 24.0 Å². The standard InChI is InChI=1S/C23H37N3O3.HI/c1-3-24-21(25-16-22(12-14-27)13-15-29-18-22)26-17-23(10-6-7-11-23)19-8-4-5-9-20(19)28-2;/h4-5,8-9,27H,3,6-7,10-18H2,1-2H3,(H2,24,25,26);1H. The van der Waals surface area contributed by atoms with E-state index in [1.165, 1.54) is 18.4 Å². The molecule has 7 heteroatoms. The summed E-state index contributed by atoms with van der Waals surface area (Å²) in [5.74, 6) is 1.82. The van der Waals surface area contributed by atoms with E-state index in [-0.39, 0.29) is 41.4 Å². The lowest BCUT2D eigenvalue weighted by atomic mass is 9.78. The fourth-order valence-electron chi connectivity index (χ4n) is 4.80. The van der Waals surface area contributed by atoms with Gasteiger partial charge in [0.15, 0.2) is 5.96 Å². The molecule has 1 unspecified atom stereocenters. The summed E-state index contributed by atoms with van der Waals surface area (Å²) in [6.45, 7) is 6.03. The van der Waals surface area contributed by atoms with Crippen molar-refractivity contribution in [2.75, 3.05) is 46.6 Å². The molecule has 1 saturated carbocycles. The zero-order valence-corrected chi connectivity index (χ0v) is 20.7. The first-order valence-electron chi connectivity index (χ1n) is 11.0. The van der Waals surface area contributed by atoms with E-state index in [2.05, 4.69) is 35.8 Å². The van der Waals surface area contributed by atoms with Crippen LogP contribution in [0.2, 0.25) is 0 Å². The molecule has 2 aliphatic rings. The van der Waals surface area contributed by atoms with Gasteiger partial charge >= 0.3 is 0 Å². The normalized spacial score (nSPS) is 23.1. The Balaban J connectivity index is 0.00000320. The van der Waals surface area contributed by atoms with Crippen molar-refractivity contribution in [1.82, 2.24) is 10.6 Å². The summed E-state index contributed by atoms with van der Waals surface area (Å²) in [6, 6.07) is 8.42. The van der Waals surface area contributed by atoms with Gasteiger partial charge in [-0.25, -0.2) is 0 Å². The molecular weight excluding hydrogens is 493 g/mol. The van der Waals surface area contributed by atoms with E-state index in [0.29, 0.717) is 13.2 Å². The average Bonchev–Trinajstić information content (AvgIpc) is 3.41. The third kappa shape index (κ3) is 6.01. The van der Waals surface area contributed by atoms with Crippen molar-refractivity contribution >= 4 is 29.9 Å². The van der Waals surface area contributed by atoms with Crippen molar-refractivity contribution in [3.63, 3.8) is 0 Å². The number of aliphatic imine (C=N–C) groups is 1. The molecule has 1 aromatic rings. The highest BCUT2D eigenvalue weighted by molar-refractivity contribution is 14.0. The van der Waals surface area contributed by atoms with E-state index < -0.39 is 0 Å². The Morgan fingerprint density at radius 1 is 1.20 bits per heavy atom. The minimum Gasteiger partial charge on any atom is -0.496 e. The number of aliphatic hydroxyl groups is 1. The van der Waals surface area contributed by atoms with Crippen LogP contribution in [0.3, 0.4) is 0 Å². The van der Waals surface area contributed by atoms with E-state index in [1.807, 2.05) is 6.07 Å². The first-order valence-corrected chi connectivity index (χ1v) is 11.0. The Kier molecular flexibility index (Phi) is 10.2. The second-order valence-electron chi connectivity index (χ2n) is 8.51. The van der Waals surface area contributed by atoms with Gasteiger partial charge in [0, 0.05) is 42.7 Å². The zero-order valence-electron chi connectivity index (χ0n) is 18.4. The number of methoxy groups -OCH3 is 1. The second-order valence-corrected chi connectivity index (χ2v) is 8.51. The van der Waals surface area contributed by atoms with Crippen LogP contribution >= 0.6 is 24.0 Å². The van der Waals surface area contributed by atoms with Gasteiger partial charge < -0.3 is 25.2 Å². The molecule has 0 radical (unpaired) electrons. The number of hydrogen-bond donors (Lipinski definition) is 3. The van der Waals surface area contributed by atoms with Gasteiger partial charge in [-0.1, -0.05) is 31.0 Å². The number of hydrogen-bond acceptors (Lipinski definition) is 4. The minimum absolute atomic E-state index is 0. The van der Waals surface area contributed by atoms with Crippen molar-refractivity contribution in [2.24, 2.45) is 10.4 Å². The summed E-state index contributed by atoms with van der Waals surface area (Å²) < 4.78 is 11.3. The summed E-state index contributed by atoms with van der Waals surface area (Å²) in [5, 5.41) is 16.5. The first-order chi connectivity index (χ1) is 14.2. The van der Waals surface area contributed by atoms with Crippen LogP contribution in [-0.4, -0.2) is 57.6 Å². The van der Waals surface area contributed by atoms with Gasteiger partial charge in [0.25, 0.3) is 0 Å². The molecule has 0 amide bonds. The SMILES string of the molecule is CCNC(=NCC1(CCO)CCOC1)NCC1(c2ccccc2OC)CCCC1.I. The number of halogens is 1. The number of guanidine groups is 1. The summed E-state index contributed by atoms with van der Waals surface area (Å²) in [5.41, 5.74) is 1.33. The van der Waals surface area contributed by atoms with Gasteiger partial charge in [0.2, 0.25) is 0 Å². The van der Waals surface area contributed by atoms with E-state index in [9.17, 15) is 5.11 Å². The molecule has 30 heavy (non-hydrogen) atoms. The van der Waals surface area contributed by atoms with Crippen LogP contribution in [0.1, 0.15) is 51.0 Å². The number of para-hydroxylation sites is 1. The highest BCUT2D eigenvalue weighted by Crippen LogP contribution is 2.44. The Hall–Kier alpha value is -1.06. The summed E-state index contributed by atoms with van der Waals surface area (Å²) in [4.78, 5) is 4.89. The lowest BCUT2D eigenvalue weighted by molar-refractivity contribution is 0.131. The van der Waals surface area contributed by atoms with Crippen LogP contribution < -0.4 is 15.4 Å². The fourth-order valence-corrected chi connectivity index (χ4v) is 4.80. The minimum atomic E-state index is -0.0369. The summed E-state index contributed by atoms with van der Waals surface area (Å²) in [6.07, 6.45) is 6.49. The largest absolute Gasteiger partial charge is 0.496 e. The van der Waals surface area contributed by atoms with Crippen LogP contribution in [0, 0.1) is 5.41 Å². The van der Waals surface area contributed by atoms with E-state index in [1.54, 1.807) is 7.11 Å². The molecule has 1 aliphatic heterocycles. The van der Waals surface area contributed by atoms with E-state index >= 15 is 0 Å². The van der Waals surface area contributed by atoms with Crippen molar-refractivity contribution < 1.29 is 14.6 Å². The summed E-state index contributed by atoms with van der Waals surface area (Å²) in [7, 11) is 1.75. The van der Waals surface area contributed by atoms with Gasteiger partial charge in [0.1, 0.15) is 5.75 Å². The van der Waals surface area contributed by atoms with Gasteiger partial charge in [-0.3, -0.25) is 4.99 Å². The van der Waals surface area contributed by atoms with E-state index in [4.69, 9.17) is 14.5 Å². The molecule has 0 aromatic heterocycles. The lowest BCUT2D eigenvalue weighted by Crippen LogP contribution is -2.45. The molecule has 3 N–H and O–H groups in total. The van der Waals surface area contributed by atoms with Gasteiger partial charge in [-0.2, -0.15) is 0 Å². The van der Waals surface area contributed by atoms with Crippen LogP contribution in [0.15, 0.2) is 29.3 Å². The molecular formula is C23H38IN3O3. The smallest absolute Gasteiger partial charge is 0.191 e. The Bertz CT molecular complexity index is 671. The van der Waals surface area contributed by atoms with Crippen LogP contribution in [0.5, 0.6) is 5.75 Å². The fraction of sp³-hybridized carbons (Fsp3) is 0.696. The number of nitrogens with one attached hydrogen (secondary N) is 2. The van der Waals surface area contributed by atoms with Crippen molar-refractivity contribution in [3.05, 3.63) is 29.8 Å². The van der Waals surface area contributed by atoms with Crippen molar-refractivity contribution in [3.8, 4) is 5.75 Å². The molecule has 0 bridgehead atoms. The maximum Gasteiger partial charge on any atom is 0.191 e. The molecule has 170 valence electrons. The van der Waals surface area contributed by atoms with Crippen LogP contribution in [-0.2, 0) is 10.2 Å². The van der Waals surface area contributed by atoms with Gasteiger partial charge in [0.05, 0.1) is 20.3 Å².